The van der Waals surface area contributed by atoms with E-state index in [9.17, 15) is 23.3 Å². The molecule has 1 amide bonds. The number of amides is 1. The number of aromatic amines is 1. The van der Waals surface area contributed by atoms with Crippen molar-refractivity contribution in [1.82, 2.24) is 14.7 Å². The van der Waals surface area contributed by atoms with Gasteiger partial charge in [-0.3, -0.25) is 14.9 Å². The highest BCUT2D eigenvalue weighted by Crippen LogP contribution is 2.47. The average Bonchev–Trinajstić information content (AvgIpc) is 3.88. The van der Waals surface area contributed by atoms with Crippen LogP contribution in [0, 0.1) is 16.0 Å². The van der Waals surface area contributed by atoms with E-state index in [0.29, 0.717) is 49.1 Å². The summed E-state index contributed by atoms with van der Waals surface area (Å²) < 4.78 is 56.1. The minimum Gasteiger partial charge on any atom is -0.455 e. The Balaban J connectivity index is 0.986. The van der Waals surface area contributed by atoms with Crippen molar-refractivity contribution in [1.29, 1.82) is 0 Å². The number of aromatic nitrogens is 2. The molecule has 2 aromatic heterocycles. The third kappa shape index (κ3) is 8.27. The minimum atomic E-state index is -4.59. The second-order valence-electron chi connectivity index (χ2n) is 15.7. The topological polar surface area (TPSA) is 169 Å². The smallest absolute Gasteiger partial charge is 0.293 e. The monoisotopic (exact) mass is 830 g/mol. The van der Waals surface area contributed by atoms with Crippen LogP contribution in [-0.4, -0.2) is 61.7 Å². The highest BCUT2D eigenvalue weighted by atomic mass is 32.2. The lowest BCUT2D eigenvalue weighted by Crippen LogP contribution is -2.31. The van der Waals surface area contributed by atoms with Crippen LogP contribution in [0.1, 0.15) is 65.5 Å². The van der Waals surface area contributed by atoms with Crippen LogP contribution in [0.15, 0.2) is 114 Å². The number of fused-ring (bicyclic) bond motifs is 1. The van der Waals surface area contributed by atoms with Gasteiger partial charge < -0.3 is 24.7 Å². The molecule has 2 aliphatic heterocycles. The first kappa shape index (κ1) is 39.2. The lowest BCUT2D eigenvalue weighted by Gasteiger charge is -2.28. The molecule has 4 heterocycles. The molecule has 308 valence electrons. The van der Waals surface area contributed by atoms with E-state index in [1.807, 2.05) is 36.4 Å². The normalized spacial score (nSPS) is 18.4. The number of H-pyrrole nitrogens is 1. The van der Waals surface area contributed by atoms with Gasteiger partial charge >= 0.3 is 0 Å². The second kappa shape index (κ2) is 16.4. The maximum absolute atomic E-state index is 15.1. The number of nitro benzene ring substituents is 1. The first-order chi connectivity index (χ1) is 29.1. The first-order valence-corrected chi connectivity index (χ1v) is 21.6. The number of alkyl halides is 1. The Labute approximate surface area is 346 Å². The van der Waals surface area contributed by atoms with E-state index in [2.05, 4.69) is 43.1 Å². The predicted molar refractivity (Wildman–Crippen MR) is 226 cm³/mol. The maximum atomic E-state index is 15.1. The molecule has 13 nitrogen and oxygen atoms in total. The number of anilines is 2. The number of nitro groups is 1. The summed E-state index contributed by atoms with van der Waals surface area (Å²) in [6.45, 7) is 1.99. The lowest BCUT2D eigenvalue weighted by molar-refractivity contribution is -0.384. The highest BCUT2D eigenvalue weighted by molar-refractivity contribution is 7.90. The first-order valence-electron chi connectivity index (χ1n) is 20.1. The zero-order valence-corrected chi connectivity index (χ0v) is 33.4. The van der Waals surface area contributed by atoms with E-state index in [1.165, 1.54) is 35.5 Å². The Morgan fingerprint density at radius 2 is 1.72 bits per heavy atom. The van der Waals surface area contributed by atoms with Crippen molar-refractivity contribution in [3.63, 3.8) is 0 Å². The zero-order chi connectivity index (χ0) is 41.4. The number of sulfonamides is 1. The predicted octanol–water partition coefficient (Wildman–Crippen LogP) is 9.05. The van der Waals surface area contributed by atoms with Gasteiger partial charge in [0.1, 0.15) is 29.0 Å². The third-order valence-electron chi connectivity index (χ3n) is 11.6. The molecule has 0 radical (unpaired) electrons. The summed E-state index contributed by atoms with van der Waals surface area (Å²) in [6, 6.07) is 27.9. The van der Waals surface area contributed by atoms with Gasteiger partial charge in [-0.1, -0.05) is 42.5 Å². The summed E-state index contributed by atoms with van der Waals surface area (Å²) in [5.74, 6) is 0.153. The van der Waals surface area contributed by atoms with Gasteiger partial charge in [0.05, 0.1) is 27.6 Å². The van der Waals surface area contributed by atoms with Crippen LogP contribution >= 0.6 is 0 Å². The number of nitrogens with one attached hydrogen (secondary N) is 3. The molecule has 15 heteroatoms. The number of benzene rings is 4. The van der Waals surface area contributed by atoms with Crippen LogP contribution in [0.25, 0.3) is 22.2 Å². The van der Waals surface area contributed by atoms with E-state index in [0.717, 1.165) is 48.4 Å². The van der Waals surface area contributed by atoms with Crippen molar-refractivity contribution >= 4 is 44.0 Å². The summed E-state index contributed by atoms with van der Waals surface area (Å²) in [5, 5.41) is 15.9. The van der Waals surface area contributed by atoms with Crippen molar-refractivity contribution in [3.8, 4) is 22.6 Å². The number of rotatable bonds is 13. The molecule has 0 bridgehead atoms. The van der Waals surface area contributed by atoms with Crippen LogP contribution in [0.5, 0.6) is 11.5 Å². The fourth-order valence-corrected chi connectivity index (χ4v) is 9.27. The maximum Gasteiger partial charge on any atom is 0.293 e. The molecular weight excluding hydrogens is 788 g/mol. The largest absolute Gasteiger partial charge is 0.455 e. The molecule has 0 spiro atoms. The van der Waals surface area contributed by atoms with Crippen molar-refractivity contribution in [2.75, 3.05) is 36.5 Å². The SMILES string of the molecule is O=C(NS(=O)(=O)c1ccc(NCC2CCOCC2)c([N+](=O)[O-])c1)c1ccc(-c2ccc(N3C[C@@H](F)C[C@@H]3c3ccccc3C3CC3)cc2)cc1Oc1cnc2[nH]ccc2c1. The van der Waals surface area contributed by atoms with Crippen molar-refractivity contribution < 1.29 is 32.0 Å². The van der Waals surface area contributed by atoms with Crippen LogP contribution in [0.4, 0.5) is 21.5 Å². The van der Waals surface area contributed by atoms with Crippen LogP contribution in [0.2, 0.25) is 0 Å². The molecule has 3 fully saturated rings. The Morgan fingerprint density at radius 3 is 2.48 bits per heavy atom. The average molecular weight is 831 g/mol. The van der Waals surface area contributed by atoms with Crippen LogP contribution in [0.3, 0.4) is 0 Å². The van der Waals surface area contributed by atoms with Gasteiger partial charge in [0, 0.05) is 56.1 Å². The van der Waals surface area contributed by atoms with Crippen molar-refractivity contribution in [2.45, 2.75) is 55.1 Å². The molecule has 0 unspecified atom stereocenters. The number of carbonyl (C=O) groups excluding carboxylic acids is 1. The molecular formula is C45H43FN6O7S. The van der Waals surface area contributed by atoms with E-state index in [4.69, 9.17) is 9.47 Å². The molecule has 1 aliphatic carbocycles. The lowest BCUT2D eigenvalue weighted by atomic mass is 9.95. The molecule has 3 aliphatic rings. The van der Waals surface area contributed by atoms with Gasteiger partial charge in [0.25, 0.3) is 21.6 Å². The number of ether oxygens (including phenoxy) is 2. The summed E-state index contributed by atoms with van der Waals surface area (Å²) in [4.78, 5) is 34.4. The number of nitrogens with zero attached hydrogens (tertiary/aromatic N) is 3. The molecule has 2 saturated heterocycles. The third-order valence-corrected chi connectivity index (χ3v) is 12.9. The summed E-state index contributed by atoms with van der Waals surface area (Å²) >= 11 is 0. The Morgan fingerprint density at radius 1 is 0.950 bits per heavy atom. The molecule has 4 aromatic carbocycles. The van der Waals surface area contributed by atoms with Gasteiger partial charge in [0.2, 0.25) is 0 Å². The van der Waals surface area contributed by atoms with E-state index >= 15 is 4.39 Å². The molecule has 3 N–H and O–H groups in total. The number of hydrogen-bond donors (Lipinski definition) is 3. The molecule has 60 heavy (non-hydrogen) atoms. The Hall–Kier alpha value is -6.32. The van der Waals surface area contributed by atoms with Gasteiger partial charge in [-0.05, 0) is 108 Å². The number of halogens is 1. The molecule has 9 rings (SSSR count). The van der Waals surface area contributed by atoms with Gasteiger partial charge in [-0.2, -0.15) is 0 Å². The standard InChI is InChI=1S/C45H43FN6O7S/c46-33-23-41(38-4-2-1-3-37(38)30-5-6-30)51(27-33)34-10-7-29(8-11-34)31-9-13-39(43(22-31)59-35-21-32-15-18-47-44(32)49-26-35)45(53)50-60(56,57)36-12-14-40(42(24-36)52(54)55)48-25-28-16-19-58-20-17-28/h1-4,7-15,18,21-22,24,26,28,30,33,41,48H,5-6,16-17,19-20,23,25,27H2,(H,47,49)(H,50,53)/t33-,41+/m0/s1. The van der Waals surface area contributed by atoms with E-state index < -0.39 is 37.6 Å². The molecule has 6 aromatic rings. The number of carbonyl (C=O) groups is 1. The van der Waals surface area contributed by atoms with Crippen LogP contribution in [-0.2, 0) is 14.8 Å². The van der Waals surface area contributed by atoms with Crippen molar-refractivity contribution in [3.05, 3.63) is 136 Å². The summed E-state index contributed by atoms with van der Waals surface area (Å²) in [6.07, 6.45) is 6.63. The number of pyridine rings is 1. The van der Waals surface area contributed by atoms with Gasteiger partial charge in [-0.25, -0.2) is 22.5 Å². The minimum absolute atomic E-state index is 0.0520. The van der Waals surface area contributed by atoms with Crippen LogP contribution < -0.4 is 19.7 Å². The molecule has 2 atom stereocenters. The highest BCUT2D eigenvalue weighted by Gasteiger charge is 2.37. The van der Waals surface area contributed by atoms with Crippen molar-refractivity contribution in [2.24, 2.45) is 5.92 Å². The summed E-state index contributed by atoms with van der Waals surface area (Å²) in [7, 11) is -4.59. The van der Waals surface area contributed by atoms with Gasteiger partial charge in [0.15, 0.2) is 0 Å². The fraction of sp³-hybridized carbons (Fsp3) is 0.289. The zero-order valence-electron chi connectivity index (χ0n) is 32.6. The van der Waals surface area contributed by atoms with Gasteiger partial charge in [-0.15, -0.1) is 0 Å². The second-order valence-corrected chi connectivity index (χ2v) is 17.3. The Kier molecular flexibility index (Phi) is 10.7. The summed E-state index contributed by atoms with van der Waals surface area (Å²) in [5.41, 5.74) is 5.12. The fourth-order valence-electron chi connectivity index (χ4n) is 8.29. The quantitative estimate of drug-likeness (QED) is 0.0754. The van der Waals surface area contributed by atoms with E-state index in [1.54, 1.807) is 24.4 Å². The molecule has 1 saturated carbocycles. The Bertz CT molecular complexity index is 2680. The van der Waals surface area contributed by atoms with E-state index in [-0.39, 0.29) is 35.5 Å². The number of hydrogen-bond acceptors (Lipinski definition) is 10.